The number of carbonyl (C=O) groups excluding carboxylic acids is 1. The summed E-state index contributed by atoms with van der Waals surface area (Å²) >= 11 is 0. The van der Waals surface area contributed by atoms with Crippen LogP contribution < -0.4 is 4.90 Å². The van der Waals surface area contributed by atoms with Crippen LogP contribution in [0.25, 0.3) is 5.57 Å². The molecule has 1 heterocycles. The fraction of sp³-hybridized carbons (Fsp3) is 0.200. The van der Waals surface area contributed by atoms with Crippen LogP contribution in [0.2, 0.25) is 0 Å². The number of amides is 1. The van der Waals surface area contributed by atoms with Crippen molar-refractivity contribution >= 4 is 28.8 Å². The molecule has 1 aliphatic heterocycles. The van der Waals surface area contributed by atoms with E-state index in [1.165, 1.54) is 0 Å². The highest BCUT2D eigenvalue weighted by Crippen LogP contribution is 2.41. The molecule has 24 heavy (non-hydrogen) atoms. The number of allylic oxidation sites excluding steroid dienone is 1. The van der Waals surface area contributed by atoms with E-state index >= 15 is 0 Å². The molecule has 2 aromatic carbocycles. The minimum Gasteiger partial charge on any atom is -0.481 e. The number of hydrogen-bond acceptors (Lipinski definition) is 2. The zero-order valence-electron chi connectivity index (χ0n) is 13.3. The summed E-state index contributed by atoms with van der Waals surface area (Å²) in [6, 6.07) is 17.4. The molecular formula is C20H19NO3. The van der Waals surface area contributed by atoms with Gasteiger partial charge >= 0.3 is 5.97 Å². The Balaban J connectivity index is 1.84. The van der Waals surface area contributed by atoms with Crippen molar-refractivity contribution < 1.29 is 14.7 Å². The van der Waals surface area contributed by atoms with Crippen molar-refractivity contribution in [2.24, 2.45) is 0 Å². The van der Waals surface area contributed by atoms with Crippen LogP contribution in [0.5, 0.6) is 0 Å². The van der Waals surface area contributed by atoms with Crippen molar-refractivity contribution in [2.45, 2.75) is 25.7 Å². The van der Waals surface area contributed by atoms with Gasteiger partial charge in [0.1, 0.15) is 0 Å². The lowest BCUT2D eigenvalue weighted by Crippen LogP contribution is -2.20. The summed E-state index contributed by atoms with van der Waals surface area (Å²) in [5.41, 5.74) is 3.38. The van der Waals surface area contributed by atoms with Crippen molar-refractivity contribution in [1.82, 2.24) is 0 Å². The molecular weight excluding hydrogens is 302 g/mol. The Bertz CT molecular complexity index is 780. The number of carboxylic acids is 1. The number of anilines is 2. The topological polar surface area (TPSA) is 57.6 Å². The van der Waals surface area contributed by atoms with Crippen LogP contribution in [0.4, 0.5) is 11.4 Å². The second-order valence-corrected chi connectivity index (χ2v) is 5.75. The van der Waals surface area contributed by atoms with Crippen LogP contribution in [0.1, 0.15) is 31.2 Å². The van der Waals surface area contributed by atoms with Crippen LogP contribution in [0.3, 0.4) is 0 Å². The average molecular weight is 321 g/mol. The molecule has 1 amide bonds. The fourth-order valence-electron chi connectivity index (χ4n) is 2.94. The molecule has 4 heteroatoms. The molecule has 3 rings (SSSR count). The monoisotopic (exact) mass is 321 g/mol. The summed E-state index contributed by atoms with van der Waals surface area (Å²) in [4.78, 5) is 25.2. The van der Waals surface area contributed by atoms with Gasteiger partial charge in [-0.2, -0.15) is 0 Å². The first-order valence-electron chi connectivity index (χ1n) is 8.09. The van der Waals surface area contributed by atoms with Gasteiger partial charge < -0.3 is 5.11 Å². The lowest BCUT2D eigenvalue weighted by Gasteiger charge is -2.16. The van der Waals surface area contributed by atoms with Gasteiger partial charge in [-0.1, -0.05) is 42.5 Å². The van der Waals surface area contributed by atoms with Crippen LogP contribution in [-0.2, 0) is 9.59 Å². The van der Waals surface area contributed by atoms with Gasteiger partial charge in [0.05, 0.1) is 5.69 Å². The zero-order valence-corrected chi connectivity index (χ0v) is 13.3. The number of carboxylic acid groups (broad SMARTS) is 1. The Morgan fingerprint density at radius 3 is 2.46 bits per heavy atom. The van der Waals surface area contributed by atoms with E-state index in [4.69, 9.17) is 5.11 Å². The van der Waals surface area contributed by atoms with Gasteiger partial charge in [0.2, 0.25) is 0 Å². The van der Waals surface area contributed by atoms with Gasteiger partial charge in [-0.3, -0.25) is 14.5 Å². The predicted octanol–water partition coefficient (Wildman–Crippen LogP) is 4.39. The Morgan fingerprint density at radius 1 is 1.00 bits per heavy atom. The third-order valence-corrected chi connectivity index (χ3v) is 4.08. The summed E-state index contributed by atoms with van der Waals surface area (Å²) in [5, 5.41) is 8.68. The SMILES string of the molecule is O=C(O)CCCC/C=C1\C(=O)N(c2ccccc2)c2ccccc21. The Kier molecular flexibility index (Phi) is 4.75. The van der Waals surface area contributed by atoms with E-state index in [2.05, 4.69) is 0 Å². The van der Waals surface area contributed by atoms with Crippen LogP contribution in [-0.4, -0.2) is 17.0 Å². The molecule has 2 aromatic rings. The van der Waals surface area contributed by atoms with E-state index in [0.717, 1.165) is 23.4 Å². The highest BCUT2D eigenvalue weighted by atomic mass is 16.4. The van der Waals surface area contributed by atoms with Crippen LogP contribution in [0.15, 0.2) is 60.7 Å². The molecule has 0 spiro atoms. The second-order valence-electron chi connectivity index (χ2n) is 5.75. The molecule has 0 unspecified atom stereocenters. The number of carbonyl (C=O) groups is 2. The molecule has 4 nitrogen and oxygen atoms in total. The van der Waals surface area contributed by atoms with Crippen LogP contribution in [0, 0.1) is 0 Å². The number of nitrogens with zero attached hydrogens (tertiary/aromatic N) is 1. The molecule has 122 valence electrons. The molecule has 0 fully saturated rings. The number of fused-ring (bicyclic) bond motifs is 1. The number of aliphatic carboxylic acids is 1. The lowest BCUT2D eigenvalue weighted by molar-refractivity contribution is -0.137. The highest BCUT2D eigenvalue weighted by molar-refractivity contribution is 6.34. The maximum Gasteiger partial charge on any atom is 0.303 e. The summed E-state index contributed by atoms with van der Waals surface area (Å²) < 4.78 is 0. The normalized spacial score (nSPS) is 14.9. The number of rotatable bonds is 6. The number of para-hydroxylation sites is 2. The molecule has 0 aromatic heterocycles. The minimum atomic E-state index is -0.778. The summed E-state index contributed by atoms with van der Waals surface area (Å²) in [5.74, 6) is -0.805. The molecule has 1 aliphatic rings. The van der Waals surface area contributed by atoms with Gasteiger partial charge in [-0.25, -0.2) is 0 Å². The summed E-state index contributed by atoms with van der Waals surface area (Å²) in [6.45, 7) is 0. The van der Waals surface area contributed by atoms with Crippen LogP contribution >= 0.6 is 0 Å². The number of unbranched alkanes of at least 4 members (excludes halogenated alkanes) is 2. The van der Waals surface area contributed by atoms with E-state index in [0.29, 0.717) is 18.4 Å². The van der Waals surface area contributed by atoms with Crippen molar-refractivity contribution in [1.29, 1.82) is 0 Å². The smallest absolute Gasteiger partial charge is 0.303 e. The molecule has 0 radical (unpaired) electrons. The van der Waals surface area contributed by atoms with Gasteiger partial charge in [0.25, 0.3) is 5.91 Å². The van der Waals surface area contributed by atoms with E-state index in [-0.39, 0.29) is 12.3 Å². The zero-order chi connectivity index (χ0) is 16.9. The second kappa shape index (κ2) is 7.13. The Labute approximate surface area is 141 Å². The highest BCUT2D eigenvalue weighted by Gasteiger charge is 2.32. The number of benzene rings is 2. The van der Waals surface area contributed by atoms with Crippen molar-refractivity contribution in [3.8, 4) is 0 Å². The van der Waals surface area contributed by atoms with Crippen molar-refractivity contribution in [3.63, 3.8) is 0 Å². The van der Waals surface area contributed by atoms with Crippen molar-refractivity contribution in [3.05, 3.63) is 66.2 Å². The number of hydrogen-bond donors (Lipinski definition) is 1. The fourth-order valence-corrected chi connectivity index (χ4v) is 2.94. The summed E-state index contributed by atoms with van der Waals surface area (Å²) in [7, 11) is 0. The Morgan fingerprint density at radius 2 is 1.71 bits per heavy atom. The van der Waals surface area contributed by atoms with Gasteiger partial charge in [-0.05, 0) is 37.5 Å². The van der Waals surface area contributed by atoms with Gasteiger partial charge in [-0.15, -0.1) is 0 Å². The first-order valence-corrected chi connectivity index (χ1v) is 8.09. The predicted molar refractivity (Wildman–Crippen MR) is 94.1 cm³/mol. The molecule has 0 atom stereocenters. The van der Waals surface area contributed by atoms with Crippen molar-refractivity contribution in [2.75, 3.05) is 4.90 Å². The average Bonchev–Trinajstić information content (AvgIpc) is 2.87. The van der Waals surface area contributed by atoms with Gasteiger partial charge in [0.15, 0.2) is 0 Å². The third-order valence-electron chi connectivity index (χ3n) is 4.08. The molecule has 0 saturated heterocycles. The van der Waals surface area contributed by atoms with Gasteiger partial charge in [0, 0.05) is 23.2 Å². The van der Waals surface area contributed by atoms with E-state index < -0.39 is 5.97 Å². The molecule has 0 aliphatic carbocycles. The quantitative estimate of drug-likeness (QED) is 0.634. The van der Waals surface area contributed by atoms with E-state index in [1.807, 2.05) is 60.7 Å². The van der Waals surface area contributed by atoms with E-state index in [1.54, 1.807) is 4.90 Å². The maximum atomic E-state index is 12.9. The minimum absolute atomic E-state index is 0.0272. The standard InChI is InChI=1S/C20H19NO3/c22-19(23)14-6-2-5-12-17-16-11-7-8-13-18(16)21(20(17)24)15-9-3-1-4-10-15/h1,3-4,7-13H,2,5-6,14H2,(H,22,23)/b17-12-. The first-order chi connectivity index (χ1) is 11.7. The van der Waals surface area contributed by atoms with E-state index in [9.17, 15) is 9.59 Å². The summed E-state index contributed by atoms with van der Waals surface area (Å²) in [6.07, 6.45) is 4.19. The Hall–Kier alpha value is -2.88. The lowest BCUT2D eigenvalue weighted by atomic mass is 10.0. The first kappa shape index (κ1) is 16.0. The molecule has 1 N–H and O–H groups in total. The molecule has 0 bridgehead atoms. The molecule has 0 saturated carbocycles. The maximum absolute atomic E-state index is 12.9. The largest absolute Gasteiger partial charge is 0.481 e. The third kappa shape index (κ3) is 3.23.